The molecule has 134 valence electrons. The number of rotatable bonds is 5. The second kappa shape index (κ2) is 7.94. The monoisotopic (exact) mass is 337 g/mol. The van der Waals surface area contributed by atoms with Crippen molar-refractivity contribution in [1.82, 2.24) is 24.6 Å². The van der Waals surface area contributed by atoms with Crippen LogP contribution in [0, 0.1) is 5.92 Å². The van der Waals surface area contributed by atoms with E-state index in [0.29, 0.717) is 38.8 Å². The molecule has 0 atom stereocenters. The number of amides is 1. The van der Waals surface area contributed by atoms with Gasteiger partial charge in [-0.05, 0) is 38.8 Å². The average molecular weight is 337 g/mol. The van der Waals surface area contributed by atoms with Gasteiger partial charge in [0.25, 0.3) is 0 Å². The minimum atomic E-state index is -0.178. The summed E-state index contributed by atoms with van der Waals surface area (Å²) in [5, 5.41) is 7.83. The summed E-state index contributed by atoms with van der Waals surface area (Å²) in [6.07, 6.45) is 3.03. The summed E-state index contributed by atoms with van der Waals surface area (Å²) in [5.41, 5.74) is -0.178. The van der Waals surface area contributed by atoms with Gasteiger partial charge in [-0.3, -0.25) is 9.36 Å². The summed E-state index contributed by atoms with van der Waals surface area (Å²) in [6, 6.07) is 0. The number of carbonyl (C=O) groups is 1. The molecule has 0 bridgehead atoms. The van der Waals surface area contributed by atoms with Gasteiger partial charge in [0.15, 0.2) is 0 Å². The first kappa shape index (κ1) is 17.2. The number of aromatic nitrogens is 3. The van der Waals surface area contributed by atoms with Crippen LogP contribution in [0.5, 0.6) is 0 Å². The molecule has 1 N–H and O–H groups in total. The van der Waals surface area contributed by atoms with Crippen molar-refractivity contribution in [2.24, 2.45) is 5.92 Å². The van der Waals surface area contributed by atoms with E-state index in [1.807, 2.05) is 6.92 Å². The number of nitrogens with one attached hydrogen (secondary N) is 1. The van der Waals surface area contributed by atoms with E-state index < -0.39 is 0 Å². The first-order valence-electron chi connectivity index (χ1n) is 8.91. The van der Waals surface area contributed by atoms with Gasteiger partial charge in [0.05, 0.1) is 13.2 Å². The van der Waals surface area contributed by atoms with E-state index in [4.69, 9.17) is 4.74 Å². The molecular formula is C16H27N5O3. The van der Waals surface area contributed by atoms with Crippen molar-refractivity contribution in [2.75, 3.05) is 39.4 Å². The highest BCUT2D eigenvalue weighted by molar-refractivity contribution is 5.75. The van der Waals surface area contributed by atoms with E-state index in [1.165, 1.54) is 4.68 Å². The Morgan fingerprint density at radius 1 is 1.29 bits per heavy atom. The lowest BCUT2D eigenvalue weighted by Crippen LogP contribution is -2.43. The lowest BCUT2D eigenvalue weighted by molar-refractivity contribution is -0.136. The molecule has 0 spiro atoms. The maximum absolute atomic E-state index is 12.5. The summed E-state index contributed by atoms with van der Waals surface area (Å²) in [5.74, 6) is 1.31. The van der Waals surface area contributed by atoms with Crippen LogP contribution in [0.2, 0.25) is 0 Å². The van der Waals surface area contributed by atoms with E-state index >= 15 is 0 Å². The van der Waals surface area contributed by atoms with Crippen molar-refractivity contribution >= 4 is 5.91 Å². The topological polar surface area (TPSA) is 81.4 Å². The fourth-order valence-electron chi connectivity index (χ4n) is 3.44. The standard InChI is InChI=1S/C16H27N5O3/c1-2-20-14(11-13-3-5-17-6-4-13)18-21(16(20)23)12-15(22)19-7-9-24-10-8-19/h13,17H,2-12H2,1H3. The molecule has 0 aromatic carbocycles. The zero-order valence-electron chi connectivity index (χ0n) is 14.4. The fraction of sp³-hybridized carbons (Fsp3) is 0.812. The molecule has 0 aliphatic carbocycles. The summed E-state index contributed by atoms with van der Waals surface area (Å²) in [4.78, 5) is 26.7. The van der Waals surface area contributed by atoms with Gasteiger partial charge >= 0.3 is 5.69 Å². The van der Waals surface area contributed by atoms with Crippen LogP contribution in [-0.4, -0.2) is 64.5 Å². The minimum absolute atomic E-state index is 0.0189. The third kappa shape index (κ3) is 3.87. The van der Waals surface area contributed by atoms with Crippen LogP contribution in [0.1, 0.15) is 25.6 Å². The van der Waals surface area contributed by atoms with E-state index in [9.17, 15) is 9.59 Å². The Kier molecular flexibility index (Phi) is 5.68. The Morgan fingerprint density at radius 2 is 2.00 bits per heavy atom. The predicted octanol–water partition coefficient (Wildman–Crippen LogP) is -0.534. The predicted molar refractivity (Wildman–Crippen MR) is 88.9 cm³/mol. The lowest BCUT2D eigenvalue weighted by atomic mass is 9.94. The second-order valence-electron chi connectivity index (χ2n) is 6.49. The van der Waals surface area contributed by atoms with Gasteiger partial charge in [0.1, 0.15) is 12.4 Å². The molecule has 1 aromatic heterocycles. The molecule has 3 heterocycles. The van der Waals surface area contributed by atoms with Crippen LogP contribution in [0.4, 0.5) is 0 Å². The number of piperidine rings is 1. The largest absolute Gasteiger partial charge is 0.378 e. The Balaban J connectivity index is 1.71. The molecule has 1 aromatic rings. The Morgan fingerprint density at radius 3 is 2.67 bits per heavy atom. The molecule has 2 saturated heterocycles. The quantitative estimate of drug-likeness (QED) is 0.781. The summed E-state index contributed by atoms with van der Waals surface area (Å²) in [7, 11) is 0. The van der Waals surface area contributed by atoms with E-state index in [0.717, 1.165) is 38.2 Å². The zero-order chi connectivity index (χ0) is 16.9. The highest BCUT2D eigenvalue weighted by Crippen LogP contribution is 2.16. The molecule has 2 aliphatic heterocycles. The second-order valence-corrected chi connectivity index (χ2v) is 6.49. The van der Waals surface area contributed by atoms with Crippen LogP contribution in [0.3, 0.4) is 0 Å². The molecule has 2 fully saturated rings. The molecule has 0 saturated carbocycles. The molecule has 0 radical (unpaired) electrons. The normalized spacial score (nSPS) is 19.6. The average Bonchev–Trinajstić information content (AvgIpc) is 2.91. The van der Waals surface area contributed by atoms with Gasteiger partial charge in [0, 0.05) is 26.1 Å². The number of nitrogens with zero attached hydrogens (tertiary/aromatic N) is 4. The van der Waals surface area contributed by atoms with Gasteiger partial charge in [-0.1, -0.05) is 0 Å². The van der Waals surface area contributed by atoms with Crippen LogP contribution in [-0.2, 0) is 29.0 Å². The number of ether oxygens (including phenoxy) is 1. The molecular weight excluding hydrogens is 310 g/mol. The smallest absolute Gasteiger partial charge is 0.346 e. The zero-order valence-corrected chi connectivity index (χ0v) is 14.4. The Bertz CT molecular complexity index is 612. The van der Waals surface area contributed by atoms with Gasteiger partial charge < -0.3 is 15.0 Å². The summed E-state index contributed by atoms with van der Waals surface area (Å²) >= 11 is 0. The molecule has 3 rings (SSSR count). The molecule has 8 heteroatoms. The van der Waals surface area contributed by atoms with E-state index in [-0.39, 0.29) is 18.1 Å². The SMILES string of the molecule is CCn1c(CC2CCNCC2)nn(CC(=O)N2CCOCC2)c1=O. The molecule has 1 amide bonds. The number of hydrogen-bond donors (Lipinski definition) is 1. The van der Waals surface area contributed by atoms with Gasteiger partial charge in [-0.2, -0.15) is 5.10 Å². The van der Waals surface area contributed by atoms with Crippen molar-refractivity contribution in [3.63, 3.8) is 0 Å². The van der Waals surface area contributed by atoms with Gasteiger partial charge in [0.2, 0.25) is 5.91 Å². The molecule has 2 aliphatic rings. The van der Waals surface area contributed by atoms with Crippen LogP contribution in [0.25, 0.3) is 0 Å². The van der Waals surface area contributed by atoms with Gasteiger partial charge in [-0.15, -0.1) is 0 Å². The van der Waals surface area contributed by atoms with Crippen molar-refractivity contribution in [2.45, 2.75) is 39.3 Å². The third-order valence-corrected chi connectivity index (χ3v) is 4.89. The first-order valence-corrected chi connectivity index (χ1v) is 8.91. The fourth-order valence-corrected chi connectivity index (χ4v) is 3.44. The summed E-state index contributed by atoms with van der Waals surface area (Å²) < 4.78 is 8.30. The maximum Gasteiger partial charge on any atom is 0.346 e. The molecule has 0 unspecified atom stereocenters. The number of morpholine rings is 1. The Labute approximate surface area is 141 Å². The summed E-state index contributed by atoms with van der Waals surface area (Å²) in [6.45, 7) is 6.90. The number of carbonyl (C=O) groups excluding carboxylic acids is 1. The minimum Gasteiger partial charge on any atom is -0.378 e. The highest BCUT2D eigenvalue weighted by atomic mass is 16.5. The van der Waals surface area contributed by atoms with Crippen molar-refractivity contribution in [3.8, 4) is 0 Å². The lowest BCUT2D eigenvalue weighted by Gasteiger charge is -2.26. The number of hydrogen-bond acceptors (Lipinski definition) is 5. The van der Waals surface area contributed by atoms with E-state index in [1.54, 1.807) is 9.47 Å². The van der Waals surface area contributed by atoms with Crippen LogP contribution >= 0.6 is 0 Å². The van der Waals surface area contributed by atoms with Crippen LogP contribution < -0.4 is 11.0 Å². The van der Waals surface area contributed by atoms with Crippen molar-refractivity contribution in [1.29, 1.82) is 0 Å². The van der Waals surface area contributed by atoms with Crippen molar-refractivity contribution in [3.05, 3.63) is 16.3 Å². The van der Waals surface area contributed by atoms with Crippen LogP contribution in [0.15, 0.2) is 4.79 Å². The maximum atomic E-state index is 12.5. The van der Waals surface area contributed by atoms with Crippen molar-refractivity contribution < 1.29 is 9.53 Å². The van der Waals surface area contributed by atoms with Gasteiger partial charge in [-0.25, -0.2) is 9.48 Å². The first-order chi connectivity index (χ1) is 11.7. The third-order valence-electron chi connectivity index (χ3n) is 4.89. The van der Waals surface area contributed by atoms with E-state index in [2.05, 4.69) is 10.4 Å². The molecule has 24 heavy (non-hydrogen) atoms. The highest BCUT2D eigenvalue weighted by Gasteiger charge is 2.22. The molecule has 8 nitrogen and oxygen atoms in total. The Hall–Kier alpha value is -1.67.